The number of hydrogen-bond donors (Lipinski definition) is 1. The summed E-state index contributed by atoms with van der Waals surface area (Å²) in [5.41, 5.74) is -0.462. The Kier molecular flexibility index (Phi) is 6.61. The van der Waals surface area contributed by atoms with Crippen molar-refractivity contribution in [3.8, 4) is 0 Å². The number of rotatable bonds is 6. The lowest BCUT2D eigenvalue weighted by Gasteiger charge is -2.37. The van der Waals surface area contributed by atoms with E-state index < -0.39 is 23.7 Å². The number of hydrogen-bond acceptors (Lipinski definition) is 3. The fourth-order valence-electron chi connectivity index (χ4n) is 3.51. The Morgan fingerprint density at radius 1 is 1.27 bits per heavy atom. The van der Waals surface area contributed by atoms with E-state index in [1.165, 1.54) is 5.56 Å². The molecule has 4 nitrogen and oxygen atoms in total. The molecule has 1 saturated heterocycles. The van der Waals surface area contributed by atoms with Gasteiger partial charge in [0.05, 0.1) is 5.54 Å². The second-order valence-corrected chi connectivity index (χ2v) is 8.35. The highest BCUT2D eigenvalue weighted by atomic mass is 19.3. The molecule has 1 aromatic carbocycles. The molecule has 0 aliphatic carbocycles. The summed E-state index contributed by atoms with van der Waals surface area (Å²) in [6.07, 6.45) is -2.73. The molecule has 1 heterocycles. The molecular formula is C20H30F2N2O2. The monoisotopic (exact) mass is 368 g/mol. The van der Waals surface area contributed by atoms with Crippen molar-refractivity contribution in [3.63, 3.8) is 0 Å². The molecule has 1 amide bonds. The zero-order valence-corrected chi connectivity index (χ0v) is 16.1. The third-order valence-electron chi connectivity index (χ3n) is 4.79. The fraction of sp³-hybridized carbons (Fsp3) is 0.650. The van der Waals surface area contributed by atoms with Crippen LogP contribution in [0.2, 0.25) is 0 Å². The minimum Gasteiger partial charge on any atom is -0.444 e. The smallest absolute Gasteiger partial charge is 0.408 e. The Balaban J connectivity index is 2.03. The van der Waals surface area contributed by atoms with Crippen LogP contribution in [0.15, 0.2) is 30.3 Å². The number of halogens is 2. The van der Waals surface area contributed by atoms with E-state index in [4.69, 9.17) is 4.74 Å². The molecule has 1 fully saturated rings. The third-order valence-corrected chi connectivity index (χ3v) is 4.79. The lowest BCUT2D eigenvalue weighted by Crippen LogP contribution is -2.54. The van der Waals surface area contributed by atoms with Crippen molar-refractivity contribution in [3.05, 3.63) is 35.9 Å². The molecule has 0 spiro atoms. The van der Waals surface area contributed by atoms with Crippen LogP contribution in [0, 0.1) is 5.92 Å². The highest BCUT2D eigenvalue weighted by molar-refractivity contribution is 5.68. The summed E-state index contributed by atoms with van der Waals surface area (Å²) in [7, 11) is 0. The zero-order chi connectivity index (χ0) is 19.4. The maximum absolute atomic E-state index is 13.2. The quantitative estimate of drug-likeness (QED) is 0.807. The van der Waals surface area contributed by atoms with Crippen molar-refractivity contribution in [2.45, 2.75) is 64.6 Å². The molecule has 146 valence electrons. The van der Waals surface area contributed by atoms with Crippen LogP contribution >= 0.6 is 0 Å². The number of carbonyl (C=O) groups is 1. The van der Waals surface area contributed by atoms with Gasteiger partial charge in [0.25, 0.3) is 0 Å². The fourth-order valence-corrected chi connectivity index (χ4v) is 3.51. The van der Waals surface area contributed by atoms with Gasteiger partial charge in [0.15, 0.2) is 0 Å². The first-order valence-corrected chi connectivity index (χ1v) is 9.13. The van der Waals surface area contributed by atoms with Gasteiger partial charge in [-0.05, 0) is 52.1 Å². The van der Waals surface area contributed by atoms with Gasteiger partial charge in [-0.1, -0.05) is 30.3 Å². The Morgan fingerprint density at radius 2 is 1.92 bits per heavy atom. The molecular weight excluding hydrogens is 338 g/mol. The number of carbonyl (C=O) groups excluding carboxylic acids is 1. The van der Waals surface area contributed by atoms with Crippen LogP contribution < -0.4 is 5.32 Å². The summed E-state index contributed by atoms with van der Waals surface area (Å²) in [5.74, 6) is -0.0484. The van der Waals surface area contributed by atoms with Crippen molar-refractivity contribution in [2.24, 2.45) is 5.92 Å². The normalized spacial score (nSPS) is 20.8. The summed E-state index contributed by atoms with van der Waals surface area (Å²) in [4.78, 5) is 14.4. The van der Waals surface area contributed by atoms with Crippen LogP contribution in [0.1, 0.15) is 46.1 Å². The van der Waals surface area contributed by atoms with E-state index in [0.717, 1.165) is 19.5 Å². The van der Waals surface area contributed by atoms with E-state index in [-0.39, 0.29) is 12.3 Å². The van der Waals surface area contributed by atoms with E-state index >= 15 is 0 Å². The summed E-state index contributed by atoms with van der Waals surface area (Å²) in [6, 6.07) is 10.1. The van der Waals surface area contributed by atoms with Gasteiger partial charge in [-0.25, -0.2) is 13.6 Å². The molecule has 1 aliphatic rings. The second-order valence-electron chi connectivity index (χ2n) is 8.35. The number of ether oxygens (including phenoxy) is 1. The van der Waals surface area contributed by atoms with Crippen LogP contribution in [-0.2, 0) is 11.3 Å². The van der Waals surface area contributed by atoms with Crippen LogP contribution in [-0.4, -0.2) is 41.6 Å². The van der Waals surface area contributed by atoms with E-state index in [0.29, 0.717) is 6.54 Å². The molecule has 0 bridgehead atoms. The van der Waals surface area contributed by atoms with Gasteiger partial charge in [0.2, 0.25) is 6.43 Å². The molecule has 1 aliphatic heterocycles. The summed E-state index contributed by atoms with van der Waals surface area (Å²) >= 11 is 0. The first kappa shape index (κ1) is 20.6. The predicted octanol–water partition coefficient (Wildman–Crippen LogP) is 4.45. The van der Waals surface area contributed by atoms with Crippen LogP contribution in [0.3, 0.4) is 0 Å². The third kappa shape index (κ3) is 6.24. The average molecular weight is 368 g/mol. The van der Waals surface area contributed by atoms with E-state index in [1.807, 2.05) is 18.2 Å². The number of alkyl carbamates (subject to hydrolysis) is 1. The van der Waals surface area contributed by atoms with Gasteiger partial charge >= 0.3 is 6.09 Å². The van der Waals surface area contributed by atoms with Crippen molar-refractivity contribution in [2.75, 3.05) is 13.1 Å². The predicted molar refractivity (Wildman–Crippen MR) is 98.2 cm³/mol. The molecule has 26 heavy (non-hydrogen) atoms. The second kappa shape index (κ2) is 8.33. The lowest BCUT2D eigenvalue weighted by molar-refractivity contribution is 0.0300. The topological polar surface area (TPSA) is 41.6 Å². The SMILES string of the molecule is CC(C)(C)OC(=O)NC(C)(CC(F)F)C1CCN(Cc2ccccc2)C1. The molecule has 2 atom stereocenters. The molecule has 0 aromatic heterocycles. The van der Waals surface area contributed by atoms with E-state index in [1.54, 1.807) is 27.7 Å². The maximum Gasteiger partial charge on any atom is 0.408 e. The highest BCUT2D eigenvalue weighted by Gasteiger charge is 2.42. The van der Waals surface area contributed by atoms with Gasteiger partial charge in [0.1, 0.15) is 5.60 Å². The minimum absolute atomic E-state index is 0.0484. The zero-order valence-electron chi connectivity index (χ0n) is 16.1. The summed E-state index contributed by atoms with van der Waals surface area (Å²) in [6.45, 7) is 9.27. The Labute approximate surface area is 154 Å². The average Bonchev–Trinajstić information content (AvgIpc) is 2.94. The minimum atomic E-state index is -2.49. The van der Waals surface area contributed by atoms with Gasteiger partial charge in [-0.15, -0.1) is 0 Å². The van der Waals surface area contributed by atoms with E-state index in [2.05, 4.69) is 22.3 Å². The van der Waals surface area contributed by atoms with Crippen molar-refractivity contribution in [1.82, 2.24) is 10.2 Å². The summed E-state index contributed by atoms with van der Waals surface area (Å²) < 4.78 is 31.7. The van der Waals surface area contributed by atoms with Crippen molar-refractivity contribution < 1.29 is 18.3 Å². The molecule has 6 heteroatoms. The lowest BCUT2D eigenvalue weighted by atomic mass is 9.82. The molecule has 0 saturated carbocycles. The van der Waals surface area contributed by atoms with Gasteiger partial charge in [-0.3, -0.25) is 4.90 Å². The number of benzene rings is 1. The molecule has 0 radical (unpaired) electrons. The van der Waals surface area contributed by atoms with E-state index in [9.17, 15) is 13.6 Å². The number of amides is 1. The Morgan fingerprint density at radius 3 is 2.50 bits per heavy atom. The maximum atomic E-state index is 13.2. The molecule has 2 rings (SSSR count). The number of likely N-dealkylation sites (tertiary alicyclic amines) is 1. The first-order valence-electron chi connectivity index (χ1n) is 9.13. The van der Waals surface area contributed by atoms with Gasteiger partial charge < -0.3 is 10.1 Å². The number of nitrogens with zero attached hydrogens (tertiary/aromatic N) is 1. The van der Waals surface area contributed by atoms with Gasteiger partial charge in [-0.2, -0.15) is 0 Å². The Bertz CT molecular complexity index is 589. The standard InChI is InChI=1S/C20H30F2N2O2/c1-19(2,3)26-18(25)23-20(4,12-17(21)22)16-10-11-24(14-16)13-15-8-6-5-7-9-15/h5-9,16-17H,10-14H2,1-4H3,(H,23,25). The van der Waals surface area contributed by atoms with Crippen LogP contribution in [0.5, 0.6) is 0 Å². The molecule has 2 unspecified atom stereocenters. The van der Waals surface area contributed by atoms with Crippen molar-refractivity contribution >= 4 is 6.09 Å². The van der Waals surface area contributed by atoms with Crippen LogP contribution in [0.25, 0.3) is 0 Å². The molecule has 1 N–H and O–H groups in total. The summed E-state index contributed by atoms with van der Waals surface area (Å²) in [5, 5.41) is 2.74. The largest absolute Gasteiger partial charge is 0.444 e. The van der Waals surface area contributed by atoms with Crippen LogP contribution in [0.4, 0.5) is 13.6 Å². The first-order chi connectivity index (χ1) is 12.1. The highest BCUT2D eigenvalue weighted by Crippen LogP contribution is 2.33. The van der Waals surface area contributed by atoms with Gasteiger partial charge in [0, 0.05) is 19.5 Å². The number of alkyl halides is 2. The molecule has 1 aromatic rings. The number of nitrogens with one attached hydrogen (secondary N) is 1. The van der Waals surface area contributed by atoms with Crippen molar-refractivity contribution in [1.29, 1.82) is 0 Å². The Hall–Kier alpha value is -1.69.